The summed E-state index contributed by atoms with van der Waals surface area (Å²) in [6.07, 6.45) is 12.2. The Kier molecular flexibility index (Phi) is 7.48. The van der Waals surface area contributed by atoms with Gasteiger partial charge in [0.2, 0.25) is 0 Å². The summed E-state index contributed by atoms with van der Waals surface area (Å²) in [5.74, 6) is 0. The highest BCUT2D eigenvalue weighted by molar-refractivity contribution is 4.88. The summed E-state index contributed by atoms with van der Waals surface area (Å²) in [6.45, 7) is 7.72. The van der Waals surface area contributed by atoms with Gasteiger partial charge in [-0.3, -0.25) is 0 Å². The molecule has 1 saturated carbocycles. The van der Waals surface area contributed by atoms with Crippen LogP contribution in [0.15, 0.2) is 0 Å². The third kappa shape index (κ3) is 5.54. The fraction of sp³-hybridized carbons (Fsp3) is 1.00. The minimum absolute atomic E-state index is 0.439. The molecule has 2 fully saturated rings. The Morgan fingerprint density at radius 1 is 1.10 bits per heavy atom. The first-order valence-corrected chi connectivity index (χ1v) is 9.24. The smallest absolute Gasteiger partial charge is 0.0472 e. The fourth-order valence-electron chi connectivity index (χ4n) is 4.08. The first kappa shape index (κ1) is 17.2. The van der Waals surface area contributed by atoms with E-state index in [0.717, 1.165) is 25.8 Å². The molecule has 21 heavy (non-hydrogen) atoms. The van der Waals surface area contributed by atoms with Crippen molar-refractivity contribution in [1.82, 2.24) is 10.2 Å². The number of nitrogens with one attached hydrogen (secondary N) is 1. The Hall–Kier alpha value is -0.120. The predicted octanol–water partition coefficient (Wildman–Crippen LogP) is 3.44. The normalized spacial score (nSPS) is 24.1. The Bertz CT molecular complexity index is 268. The van der Waals surface area contributed by atoms with Crippen LogP contribution in [-0.2, 0) is 4.74 Å². The van der Waals surface area contributed by atoms with E-state index in [1.54, 1.807) is 0 Å². The van der Waals surface area contributed by atoms with Gasteiger partial charge >= 0.3 is 0 Å². The Morgan fingerprint density at radius 3 is 2.38 bits per heavy atom. The standard InChI is InChI=1S/C18H36N2O/c1-3-12-19-15-18(10-13-21-14-11-18)16-20(2)17-8-6-4-5-7-9-17/h17,19H,3-16H2,1-2H3. The van der Waals surface area contributed by atoms with Crippen molar-refractivity contribution in [2.75, 3.05) is 39.9 Å². The highest BCUT2D eigenvalue weighted by atomic mass is 16.5. The molecule has 0 aromatic carbocycles. The van der Waals surface area contributed by atoms with E-state index in [0.29, 0.717) is 5.41 Å². The summed E-state index contributed by atoms with van der Waals surface area (Å²) >= 11 is 0. The molecule has 1 saturated heterocycles. The summed E-state index contributed by atoms with van der Waals surface area (Å²) < 4.78 is 5.63. The zero-order valence-corrected chi connectivity index (χ0v) is 14.3. The number of hydrogen-bond acceptors (Lipinski definition) is 3. The van der Waals surface area contributed by atoms with Crippen molar-refractivity contribution < 1.29 is 4.74 Å². The van der Waals surface area contributed by atoms with Crippen LogP contribution in [0.5, 0.6) is 0 Å². The van der Waals surface area contributed by atoms with Gasteiger partial charge in [-0.15, -0.1) is 0 Å². The number of rotatable bonds is 7. The van der Waals surface area contributed by atoms with Gasteiger partial charge in [-0.2, -0.15) is 0 Å². The van der Waals surface area contributed by atoms with E-state index in [1.165, 1.54) is 70.9 Å². The second-order valence-corrected chi connectivity index (χ2v) is 7.35. The van der Waals surface area contributed by atoms with Crippen LogP contribution in [0.25, 0.3) is 0 Å². The maximum Gasteiger partial charge on any atom is 0.0472 e. The lowest BCUT2D eigenvalue weighted by atomic mass is 9.79. The van der Waals surface area contributed by atoms with Crippen LogP contribution < -0.4 is 5.32 Å². The molecule has 0 amide bonds. The van der Waals surface area contributed by atoms with Crippen molar-refractivity contribution in [1.29, 1.82) is 0 Å². The molecule has 0 atom stereocenters. The lowest BCUT2D eigenvalue weighted by Crippen LogP contribution is -2.49. The van der Waals surface area contributed by atoms with Crippen LogP contribution >= 0.6 is 0 Å². The van der Waals surface area contributed by atoms with Gasteiger partial charge in [-0.25, -0.2) is 0 Å². The lowest BCUT2D eigenvalue weighted by molar-refractivity contribution is -0.00764. The molecule has 3 heteroatoms. The maximum atomic E-state index is 5.63. The second-order valence-electron chi connectivity index (χ2n) is 7.35. The van der Waals surface area contributed by atoms with Crippen molar-refractivity contribution in [3.05, 3.63) is 0 Å². The number of hydrogen-bond donors (Lipinski definition) is 1. The molecule has 124 valence electrons. The zero-order chi connectivity index (χ0) is 15.0. The van der Waals surface area contributed by atoms with Crippen molar-refractivity contribution in [3.63, 3.8) is 0 Å². The number of nitrogens with zero attached hydrogens (tertiary/aromatic N) is 1. The Labute approximate surface area is 131 Å². The van der Waals surface area contributed by atoms with E-state index in [9.17, 15) is 0 Å². The molecule has 0 aromatic rings. The lowest BCUT2D eigenvalue weighted by Gasteiger charge is -2.42. The van der Waals surface area contributed by atoms with Crippen molar-refractivity contribution >= 4 is 0 Å². The van der Waals surface area contributed by atoms with Gasteiger partial charge in [0.15, 0.2) is 0 Å². The topological polar surface area (TPSA) is 24.5 Å². The number of ether oxygens (including phenoxy) is 1. The molecule has 2 rings (SSSR count). The molecular weight excluding hydrogens is 260 g/mol. The third-order valence-electron chi connectivity index (χ3n) is 5.51. The maximum absolute atomic E-state index is 5.63. The monoisotopic (exact) mass is 296 g/mol. The van der Waals surface area contributed by atoms with Crippen molar-refractivity contribution in [3.8, 4) is 0 Å². The molecule has 0 bridgehead atoms. The van der Waals surface area contributed by atoms with Crippen molar-refractivity contribution in [2.45, 2.75) is 70.8 Å². The van der Waals surface area contributed by atoms with E-state index < -0.39 is 0 Å². The average molecular weight is 296 g/mol. The minimum Gasteiger partial charge on any atom is -0.381 e. The van der Waals surface area contributed by atoms with E-state index >= 15 is 0 Å². The molecule has 1 aliphatic carbocycles. The molecule has 0 radical (unpaired) electrons. The molecular formula is C18H36N2O. The summed E-state index contributed by atoms with van der Waals surface area (Å²) in [7, 11) is 2.37. The van der Waals surface area contributed by atoms with Gasteiger partial charge in [-0.1, -0.05) is 32.6 Å². The van der Waals surface area contributed by atoms with Crippen LogP contribution in [-0.4, -0.2) is 50.8 Å². The molecule has 3 nitrogen and oxygen atoms in total. The second kappa shape index (κ2) is 9.12. The van der Waals surface area contributed by atoms with Gasteiger partial charge in [0, 0.05) is 32.3 Å². The average Bonchev–Trinajstić information content (AvgIpc) is 2.77. The fourth-order valence-corrected chi connectivity index (χ4v) is 4.08. The zero-order valence-electron chi connectivity index (χ0n) is 14.3. The summed E-state index contributed by atoms with van der Waals surface area (Å²) in [5.41, 5.74) is 0.439. The molecule has 2 aliphatic rings. The van der Waals surface area contributed by atoms with E-state index in [1.807, 2.05) is 0 Å². The molecule has 1 heterocycles. The summed E-state index contributed by atoms with van der Waals surface area (Å²) in [5, 5.41) is 3.68. The molecule has 1 N–H and O–H groups in total. The highest BCUT2D eigenvalue weighted by Gasteiger charge is 2.34. The Morgan fingerprint density at radius 2 is 1.76 bits per heavy atom. The Balaban J connectivity index is 1.89. The van der Waals surface area contributed by atoms with Crippen molar-refractivity contribution in [2.24, 2.45) is 5.41 Å². The predicted molar refractivity (Wildman–Crippen MR) is 89.8 cm³/mol. The summed E-state index contributed by atoms with van der Waals surface area (Å²) in [6, 6.07) is 0.818. The van der Waals surface area contributed by atoms with Gasteiger partial charge in [0.1, 0.15) is 0 Å². The summed E-state index contributed by atoms with van der Waals surface area (Å²) in [4.78, 5) is 2.68. The highest BCUT2D eigenvalue weighted by Crippen LogP contribution is 2.32. The van der Waals surface area contributed by atoms with Crippen LogP contribution in [0.3, 0.4) is 0 Å². The minimum atomic E-state index is 0.439. The molecule has 0 spiro atoms. The van der Waals surface area contributed by atoms with Crippen LogP contribution in [0.2, 0.25) is 0 Å². The van der Waals surface area contributed by atoms with Gasteiger partial charge in [0.05, 0.1) is 0 Å². The third-order valence-corrected chi connectivity index (χ3v) is 5.51. The molecule has 0 unspecified atom stereocenters. The first-order valence-electron chi connectivity index (χ1n) is 9.24. The van der Waals surface area contributed by atoms with Crippen LogP contribution in [0.1, 0.15) is 64.7 Å². The van der Waals surface area contributed by atoms with Crippen LogP contribution in [0.4, 0.5) is 0 Å². The van der Waals surface area contributed by atoms with Crippen LogP contribution in [0, 0.1) is 5.41 Å². The quantitative estimate of drug-likeness (QED) is 0.575. The largest absolute Gasteiger partial charge is 0.381 e. The SMILES string of the molecule is CCCNCC1(CN(C)C2CCCCCC2)CCOCC1. The van der Waals surface area contributed by atoms with E-state index in [-0.39, 0.29) is 0 Å². The van der Waals surface area contributed by atoms with E-state index in [2.05, 4.69) is 24.2 Å². The molecule has 1 aliphatic heterocycles. The van der Waals surface area contributed by atoms with Gasteiger partial charge in [-0.05, 0) is 51.1 Å². The van der Waals surface area contributed by atoms with Gasteiger partial charge < -0.3 is 15.0 Å². The van der Waals surface area contributed by atoms with E-state index in [4.69, 9.17) is 4.74 Å². The molecule has 0 aromatic heterocycles. The first-order chi connectivity index (χ1) is 10.3. The van der Waals surface area contributed by atoms with Gasteiger partial charge in [0.25, 0.3) is 0 Å².